The predicted molar refractivity (Wildman–Crippen MR) is 116 cm³/mol. The zero-order valence-electron chi connectivity index (χ0n) is 15.2. The molecule has 0 radical (unpaired) electrons. The van der Waals surface area contributed by atoms with Crippen LogP contribution in [0.15, 0.2) is 47.4 Å². The number of benzene rings is 2. The zero-order valence-corrected chi connectivity index (χ0v) is 17.5. The molecule has 4 rings (SSSR count). The van der Waals surface area contributed by atoms with Crippen LogP contribution in [0, 0.1) is 6.92 Å². The summed E-state index contributed by atoms with van der Waals surface area (Å²) in [4.78, 5) is 25.7. The quantitative estimate of drug-likeness (QED) is 0.480. The standard InChI is InChI=1S/C21H16Cl2N2O2S/c1-12-16(10-19-20(26)24(2)21(27)28-19)15-5-3-4-6-18(15)25(12)11-13-7-8-14(22)9-17(13)23/h3-10H,11H2,1-2H3/b19-10-. The van der Waals surface area contributed by atoms with Crippen molar-refractivity contribution in [1.82, 2.24) is 9.47 Å². The van der Waals surface area contributed by atoms with Crippen molar-refractivity contribution >= 4 is 63.1 Å². The van der Waals surface area contributed by atoms with Crippen molar-refractivity contribution in [1.29, 1.82) is 0 Å². The molecular weight excluding hydrogens is 415 g/mol. The van der Waals surface area contributed by atoms with E-state index in [1.165, 1.54) is 7.05 Å². The molecule has 28 heavy (non-hydrogen) atoms. The van der Waals surface area contributed by atoms with Crippen molar-refractivity contribution in [2.75, 3.05) is 7.05 Å². The third kappa shape index (κ3) is 3.24. The average molecular weight is 431 g/mol. The minimum absolute atomic E-state index is 0.259. The normalized spacial score (nSPS) is 16.0. The Hall–Kier alpha value is -2.21. The van der Waals surface area contributed by atoms with Gasteiger partial charge in [0.2, 0.25) is 0 Å². The molecule has 1 fully saturated rings. The Morgan fingerprint density at radius 3 is 2.54 bits per heavy atom. The van der Waals surface area contributed by atoms with Gasteiger partial charge in [-0.3, -0.25) is 14.5 Å². The van der Waals surface area contributed by atoms with Gasteiger partial charge in [-0.05, 0) is 48.5 Å². The molecule has 2 heterocycles. The summed E-state index contributed by atoms with van der Waals surface area (Å²) in [6, 6.07) is 13.5. The molecule has 4 nitrogen and oxygen atoms in total. The molecule has 1 saturated heterocycles. The fraction of sp³-hybridized carbons (Fsp3) is 0.143. The van der Waals surface area contributed by atoms with E-state index >= 15 is 0 Å². The van der Waals surface area contributed by atoms with Gasteiger partial charge in [-0.15, -0.1) is 0 Å². The Labute approximate surface area is 176 Å². The first-order valence-electron chi connectivity index (χ1n) is 8.60. The summed E-state index contributed by atoms with van der Waals surface area (Å²) in [6.07, 6.45) is 1.81. The second-order valence-corrected chi connectivity index (χ2v) is 8.42. The lowest BCUT2D eigenvalue weighted by Crippen LogP contribution is -2.22. The number of imide groups is 1. The van der Waals surface area contributed by atoms with E-state index in [4.69, 9.17) is 23.2 Å². The Bertz CT molecular complexity index is 1170. The second kappa shape index (κ2) is 7.32. The predicted octanol–water partition coefficient (Wildman–Crippen LogP) is 5.97. The van der Waals surface area contributed by atoms with Gasteiger partial charge in [-0.25, -0.2) is 0 Å². The van der Waals surface area contributed by atoms with Crippen molar-refractivity contribution in [3.05, 3.63) is 74.2 Å². The maximum absolute atomic E-state index is 12.3. The van der Waals surface area contributed by atoms with E-state index in [2.05, 4.69) is 4.57 Å². The van der Waals surface area contributed by atoms with Gasteiger partial charge in [0.05, 0.1) is 4.91 Å². The van der Waals surface area contributed by atoms with Crippen LogP contribution in [-0.4, -0.2) is 27.7 Å². The minimum atomic E-state index is -0.271. The summed E-state index contributed by atoms with van der Waals surface area (Å²) >= 11 is 13.4. The van der Waals surface area contributed by atoms with Crippen LogP contribution in [0.1, 0.15) is 16.8 Å². The Kier molecular flexibility index (Phi) is 5.00. The van der Waals surface area contributed by atoms with E-state index < -0.39 is 0 Å². The van der Waals surface area contributed by atoms with Gasteiger partial charge in [-0.2, -0.15) is 0 Å². The highest BCUT2D eigenvalue weighted by Gasteiger charge is 2.32. The maximum Gasteiger partial charge on any atom is 0.293 e. The van der Waals surface area contributed by atoms with Crippen molar-refractivity contribution in [2.24, 2.45) is 0 Å². The number of nitrogens with zero attached hydrogens (tertiary/aromatic N) is 2. The van der Waals surface area contributed by atoms with Crippen LogP contribution in [0.25, 0.3) is 17.0 Å². The molecule has 0 saturated carbocycles. The van der Waals surface area contributed by atoms with Crippen molar-refractivity contribution in [3.8, 4) is 0 Å². The molecule has 0 unspecified atom stereocenters. The number of carbonyl (C=O) groups is 2. The minimum Gasteiger partial charge on any atom is -0.340 e. The van der Waals surface area contributed by atoms with Gasteiger partial charge in [0.15, 0.2) is 0 Å². The summed E-state index contributed by atoms with van der Waals surface area (Å²) in [5.74, 6) is -0.271. The Morgan fingerprint density at radius 1 is 1.11 bits per heavy atom. The number of fused-ring (bicyclic) bond motifs is 1. The lowest BCUT2D eigenvalue weighted by molar-refractivity contribution is -0.121. The molecule has 3 aromatic rings. The monoisotopic (exact) mass is 430 g/mol. The third-order valence-corrected chi connectivity index (χ3v) is 6.43. The number of para-hydroxylation sites is 1. The molecule has 2 amide bonds. The molecule has 0 atom stereocenters. The molecule has 2 aromatic carbocycles. The number of thioether (sulfide) groups is 1. The third-order valence-electron chi connectivity index (χ3n) is 4.89. The zero-order chi connectivity index (χ0) is 20.0. The summed E-state index contributed by atoms with van der Waals surface area (Å²) in [6.45, 7) is 2.58. The largest absolute Gasteiger partial charge is 0.340 e. The molecule has 1 aliphatic heterocycles. The molecule has 1 aliphatic rings. The van der Waals surface area contributed by atoms with Crippen LogP contribution in [0.3, 0.4) is 0 Å². The van der Waals surface area contributed by atoms with Crippen LogP contribution in [0.2, 0.25) is 10.0 Å². The van der Waals surface area contributed by atoms with Gasteiger partial charge in [0, 0.05) is 45.8 Å². The van der Waals surface area contributed by atoms with Gasteiger partial charge < -0.3 is 4.57 Å². The molecule has 7 heteroatoms. The summed E-state index contributed by atoms with van der Waals surface area (Å²) < 4.78 is 2.16. The van der Waals surface area contributed by atoms with Gasteiger partial charge in [-0.1, -0.05) is 47.5 Å². The Balaban J connectivity index is 1.85. The van der Waals surface area contributed by atoms with Gasteiger partial charge in [0.25, 0.3) is 11.1 Å². The number of likely N-dealkylation sites (N-methyl/N-ethyl adjacent to an activating group) is 1. The molecule has 142 valence electrons. The smallest absolute Gasteiger partial charge is 0.293 e. The van der Waals surface area contributed by atoms with Gasteiger partial charge in [0.1, 0.15) is 0 Å². The van der Waals surface area contributed by atoms with Crippen LogP contribution < -0.4 is 0 Å². The average Bonchev–Trinajstić information content (AvgIpc) is 3.07. The number of halogens is 2. The summed E-state index contributed by atoms with van der Waals surface area (Å²) in [7, 11) is 1.50. The first kappa shape index (κ1) is 19.1. The lowest BCUT2D eigenvalue weighted by Gasteiger charge is -2.10. The van der Waals surface area contributed by atoms with E-state index in [0.717, 1.165) is 44.4 Å². The summed E-state index contributed by atoms with van der Waals surface area (Å²) in [5.41, 5.74) is 3.91. The van der Waals surface area contributed by atoms with Crippen LogP contribution in [0.4, 0.5) is 4.79 Å². The lowest BCUT2D eigenvalue weighted by atomic mass is 10.1. The Morgan fingerprint density at radius 2 is 1.86 bits per heavy atom. The number of aromatic nitrogens is 1. The fourth-order valence-electron chi connectivity index (χ4n) is 3.34. The van der Waals surface area contributed by atoms with Crippen LogP contribution >= 0.6 is 35.0 Å². The molecule has 0 N–H and O–H groups in total. The fourth-order valence-corrected chi connectivity index (χ4v) is 4.62. The van der Waals surface area contributed by atoms with E-state index in [0.29, 0.717) is 21.5 Å². The van der Waals surface area contributed by atoms with Gasteiger partial charge >= 0.3 is 0 Å². The number of rotatable bonds is 3. The van der Waals surface area contributed by atoms with E-state index in [-0.39, 0.29) is 11.1 Å². The highest BCUT2D eigenvalue weighted by molar-refractivity contribution is 8.18. The number of carbonyl (C=O) groups excluding carboxylic acids is 2. The number of hydrogen-bond donors (Lipinski definition) is 0. The second-order valence-electron chi connectivity index (χ2n) is 6.58. The van der Waals surface area contributed by atoms with E-state index in [9.17, 15) is 9.59 Å². The van der Waals surface area contributed by atoms with E-state index in [1.807, 2.05) is 49.4 Å². The van der Waals surface area contributed by atoms with Crippen LogP contribution in [-0.2, 0) is 11.3 Å². The first-order valence-corrected chi connectivity index (χ1v) is 10.2. The molecule has 0 aliphatic carbocycles. The number of amides is 2. The first-order chi connectivity index (χ1) is 13.4. The van der Waals surface area contributed by atoms with Crippen molar-refractivity contribution in [2.45, 2.75) is 13.5 Å². The SMILES string of the molecule is Cc1c(/C=C2\SC(=O)N(C)C2=O)c2ccccc2n1Cc1ccc(Cl)cc1Cl. The van der Waals surface area contributed by atoms with E-state index in [1.54, 1.807) is 6.07 Å². The topological polar surface area (TPSA) is 42.3 Å². The highest BCUT2D eigenvalue weighted by Crippen LogP contribution is 2.35. The highest BCUT2D eigenvalue weighted by atomic mass is 35.5. The van der Waals surface area contributed by atoms with Crippen LogP contribution in [0.5, 0.6) is 0 Å². The maximum atomic E-state index is 12.3. The molecule has 0 spiro atoms. The molecule has 1 aromatic heterocycles. The number of hydrogen-bond acceptors (Lipinski definition) is 3. The molecule has 0 bridgehead atoms. The van der Waals surface area contributed by atoms with Crippen molar-refractivity contribution in [3.63, 3.8) is 0 Å². The van der Waals surface area contributed by atoms with Crippen molar-refractivity contribution < 1.29 is 9.59 Å². The molecular formula is C21H16Cl2N2O2S. The summed E-state index contributed by atoms with van der Waals surface area (Å²) in [5, 5.41) is 1.97.